The van der Waals surface area contributed by atoms with Crippen LogP contribution in [-0.4, -0.2) is 35.6 Å². The lowest BCUT2D eigenvalue weighted by molar-refractivity contribution is 0.118. The molecule has 0 N–H and O–H groups in total. The Kier molecular flexibility index (Phi) is 3.52. The van der Waals surface area contributed by atoms with Crippen LogP contribution in [0.5, 0.6) is 5.75 Å². The van der Waals surface area contributed by atoms with Crippen molar-refractivity contribution in [2.24, 2.45) is 5.92 Å². The molecule has 1 aromatic heterocycles. The van der Waals surface area contributed by atoms with Crippen molar-refractivity contribution >= 4 is 27.5 Å². The predicted molar refractivity (Wildman–Crippen MR) is 75.1 cm³/mol. The average molecular weight is 332 g/mol. The Morgan fingerprint density at radius 1 is 1.56 bits per heavy atom. The molecule has 98 valence electrons. The number of likely N-dealkylation sites (tertiary alicyclic amines) is 1. The number of pyridine rings is 1. The number of ether oxygens (including phenoxy) is 1. The summed E-state index contributed by atoms with van der Waals surface area (Å²) >= 11 is 9.22. The van der Waals surface area contributed by atoms with Gasteiger partial charge in [-0.2, -0.15) is 0 Å². The van der Waals surface area contributed by atoms with Gasteiger partial charge in [-0.05, 0) is 54.2 Å². The van der Waals surface area contributed by atoms with E-state index in [1.54, 1.807) is 6.20 Å². The second-order valence-corrected chi connectivity index (χ2v) is 6.43. The fourth-order valence-electron chi connectivity index (χ4n) is 3.23. The molecule has 2 bridgehead atoms. The van der Waals surface area contributed by atoms with Gasteiger partial charge in [0.1, 0.15) is 17.5 Å². The number of hydrogen-bond acceptors (Lipinski definition) is 3. The van der Waals surface area contributed by atoms with Gasteiger partial charge in [-0.25, -0.2) is 4.98 Å². The van der Waals surface area contributed by atoms with Crippen molar-refractivity contribution in [3.63, 3.8) is 0 Å². The van der Waals surface area contributed by atoms with Crippen LogP contribution in [0.4, 0.5) is 0 Å². The van der Waals surface area contributed by atoms with Gasteiger partial charge in [0.2, 0.25) is 0 Å². The Hall–Kier alpha value is -0.320. The molecule has 0 spiro atoms. The number of hydrogen-bond donors (Lipinski definition) is 0. The molecular weight excluding hydrogens is 316 g/mol. The van der Waals surface area contributed by atoms with E-state index in [9.17, 15) is 0 Å². The topological polar surface area (TPSA) is 25.4 Å². The van der Waals surface area contributed by atoms with Crippen molar-refractivity contribution in [1.29, 1.82) is 0 Å². The molecular formula is C13H16BrClN2O. The van der Waals surface area contributed by atoms with E-state index in [0.29, 0.717) is 11.2 Å². The summed E-state index contributed by atoms with van der Waals surface area (Å²) in [5.41, 5.74) is 0. The van der Waals surface area contributed by atoms with Crippen molar-refractivity contribution in [2.75, 3.05) is 13.7 Å². The zero-order valence-electron chi connectivity index (χ0n) is 10.3. The molecule has 18 heavy (non-hydrogen) atoms. The van der Waals surface area contributed by atoms with E-state index in [1.165, 1.54) is 19.3 Å². The monoisotopic (exact) mass is 330 g/mol. The number of fused-ring (bicyclic) bond motifs is 2. The van der Waals surface area contributed by atoms with Crippen molar-refractivity contribution in [3.05, 3.63) is 21.9 Å². The molecule has 0 aromatic carbocycles. The minimum absolute atomic E-state index is 0.472. The average Bonchev–Trinajstić information content (AvgIpc) is 2.92. The van der Waals surface area contributed by atoms with E-state index in [4.69, 9.17) is 16.3 Å². The van der Waals surface area contributed by atoms with Crippen LogP contribution in [-0.2, 0) is 0 Å². The Morgan fingerprint density at radius 2 is 2.39 bits per heavy atom. The smallest absolute Gasteiger partial charge is 0.143 e. The SMILES string of the molecule is CN1C(COc2cnc(Cl)c(Br)c2)[C@@H]2CC[C@H]1C2. The summed E-state index contributed by atoms with van der Waals surface area (Å²) in [6, 6.07) is 3.21. The highest BCUT2D eigenvalue weighted by Gasteiger charge is 2.43. The highest BCUT2D eigenvalue weighted by atomic mass is 79.9. The third kappa shape index (κ3) is 2.26. The normalized spacial score (nSPS) is 30.9. The molecule has 0 amide bonds. The predicted octanol–water partition coefficient (Wildman–Crippen LogP) is 3.36. The van der Waals surface area contributed by atoms with Gasteiger partial charge >= 0.3 is 0 Å². The first kappa shape index (κ1) is 12.7. The van der Waals surface area contributed by atoms with Crippen molar-refractivity contribution in [3.8, 4) is 5.75 Å². The molecule has 1 unspecified atom stereocenters. The summed E-state index contributed by atoms with van der Waals surface area (Å²) < 4.78 is 6.64. The number of likely N-dealkylation sites (N-methyl/N-ethyl adjacent to an activating group) is 1. The summed E-state index contributed by atoms with van der Waals surface area (Å²) in [4.78, 5) is 6.55. The lowest BCUT2D eigenvalue weighted by atomic mass is 10.00. The number of halogens is 2. The Bertz CT molecular complexity index is 455. The van der Waals surface area contributed by atoms with Crippen LogP contribution in [0.1, 0.15) is 19.3 Å². The summed E-state index contributed by atoms with van der Waals surface area (Å²) in [5.74, 6) is 1.59. The van der Waals surface area contributed by atoms with Gasteiger partial charge in [0.25, 0.3) is 0 Å². The molecule has 2 heterocycles. The van der Waals surface area contributed by atoms with Gasteiger partial charge in [-0.15, -0.1) is 0 Å². The van der Waals surface area contributed by atoms with Crippen molar-refractivity contribution < 1.29 is 4.74 Å². The molecule has 1 saturated carbocycles. The number of aromatic nitrogens is 1. The maximum Gasteiger partial charge on any atom is 0.143 e. The van der Waals surface area contributed by atoms with Crippen LogP contribution in [0.3, 0.4) is 0 Å². The summed E-state index contributed by atoms with van der Waals surface area (Å²) in [6.45, 7) is 0.743. The lowest BCUT2D eigenvalue weighted by Crippen LogP contribution is -2.41. The second-order valence-electron chi connectivity index (χ2n) is 5.21. The Balaban J connectivity index is 1.62. The number of rotatable bonds is 3. The summed E-state index contributed by atoms with van der Waals surface area (Å²) in [6.07, 6.45) is 5.73. The van der Waals surface area contributed by atoms with Crippen LogP contribution in [0.25, 0.3) is 0 Å². The van der Waals surface area contributed by atoms with Crippen LogP contribution >= 0.6 is 27.5 Å². The first-order valence-electron chi connectivity index (χ1n) is 6.31. The van der Waals surface area contributed by atoms with Gasteiger partial charge in [0, 0.05) is 12.1 Å². The van der Waals surface area contributed by atoms with Gasteiger partial charge in [-0.1, -0.05) is 11.6 Å². The molecule has 5 heteroatoms. The van der Waals surface area contributed by atoms with Gasteiger partial charge < -0.3 is 4.74 Å². The Morgan fingerprint density at radius 3 is 3.06 bits per heavy atom. The first-order valence-corrected chi connectivity index (χ1v) is 7.48. The van der Waals surface area contributed by atoms with E-state index in [1.807, 2.05) is 6.07 Å². The molecule has 3 atom stereocenters. The van der Waals surface area contributed by atoms with Crippen LogP contribution in [0.15, 0.2) is 16.7 Å². The minimum atomic E-state index is 0.472. The first-order chi connectivity index (χ1) is 8.65. The molecule has 1 aliphatic carbocycles. The van der Waals surface area contributed by atoms with Crippen molar-refractivity contribution in [1.82, 2.24) is 9.88 Å². The van der Waals surface area contributed by atoms with Crippen LogP contribution < -0.4 is 4.74 Å². The highest BCUT2D eigenvalue weighted by molar-refractivity contribution is 9.10. The minimum Gasteiger partial charge on any atom is -0.490 e. The lowest BCUT2D eigenvalue weighted by Gasteiger charge is -2.31. The molecule has 3 nitrogen and oxygen atoms in total. The molecule has 1 aromatic rings. The zero-order valence-corrected chi connectivity index (χ0v) is 12.6. The summed E-state index contributed by atoms with van der Waals surface area (Å²) in [5, 5.41) is 0.472. The highest BCUT2D eigenvalue weighted by Crippen LogP contribution is 2.41. The largest absolute Gasteiger partial charge is 0.490 e. The van der Waals surface area contributed by atoms with E-state index in [0.717, 1.165) is 28.8 Å². The second kappa shape index (κ2) is 4.99. The Labute approximate surface area is 121 Å². The van der Waals surface area contributed by atoms with E-state index in [-0.39, 0.29) is 0 Å². The van der Waals surface area contributed by atoms with E-state index in [2.05, 4.69) is 32.9 Å². The number of nitrogens with zero attached hydrogens (tertiary/aromatic N) is 2. The number of piperidine rings is 1. The third-order valence-corrected chi connectivity index (χ3v) is 5.41. The molecule has 1 saturated heterocycles. The standard InChI is InChI=1S/C13H16BrClN2O/c1-17-9-3-2-8(4-9)12(17)7-18-10-5-11(14)13(15)16-6-10/h5-6,8-9,12H,2-4,7H2,1H3/t8-,9+,12?/m1/s1. The fourth-order valence-corrected chi connectivity index (χ4v) is 3.66. The fraction of sp³-hybridized carbons (Fsp3) is 0.615. The molecule has 2 fully saturated rings. The maximum absolute atomic E-state index is 5.86. The zero-order chi connectivity index (χ0) is 12.7. The molecule has 0 radical (unpaired) electrons. The van der Waals surface area contributed by atoms with Crippen LogP contribution in [0.2, 0.25) is 5.15 Å². The third-order valence-electron chi connectivity index (χ3n) is 4.28. The van der Waals surface area contributed by atoms with Crippen molar-refractivity contribution in [2.45, 2.75) is 31.3 Å². The maximum atomic E-state index is 5.86. The van der Waals surface area contributed by atoms with Gasteiger partial charge in [0.15, 0.2) is 0 Å². The van der Waals surface area contributed by atoms with Crippen LogP contribution in [0, 0.1) is 5.92 Å². The molecule has 2 aliphatic rings. The van der Waals surface area contributed by atoms with E-state index < -0.39 is 0 Å². The van der Waals surface area contributed by atoms with E-state index >= 15 is 0 Å². The molecule has 1 aliphatic heterocycles. The molecule has 3 rings (SSSR count). The van der Waals surface area contributed by atoms with Gasteiger partial charge in [0.05, 0.1) is 10.7 Å². The van der Waals surface area contributed by atoms with Gasteiger partial charge in [-0.3, -0.25) is 4.90 Å². The quantitative estimate of drug-likeness (QED) is 0.794. The summed E-state index contributed by atoms with van der Waals surface area (Å²) in [7, 11) is 2.22.